The van der Waals surface area contributed by atoms with Gasteiger partial charge in [0.25, 0.3) is 0 Å². The van der Waals surface area contributed by atoms with E-state index in [-0.39, 0.29) is 6.04 Å². The van der Waals surface area contributed by atoms with Crippen molar-refractivity contribution < 1.29 is 8.78 Å². The number of fused-ring (bicyclic) bond motifs is 1. The highest BCUT2D eigenvalue weighted by molar-refractivity contribution is 5.36. The van der Waals surface area contributed by atoms with Crippen LogP contribution in [0.3, 0.4) is 0 Å². The standard InChI is InChI=1S/C14H16F2N4/c1-19-3-2-18-13(19)8-20-7-9-4-10(15)5-11(16)14(9)12(20)6-17/h2-5,12H,6-8,17H2,1H3. The van der Waals surface area contributed by atoms with Crippen molar-refractivity contribution in [2.75, 3.05) is 6.54 Å². The van der Waals surface area contributed by atoms with Crippen LogP contribution in [0, 0.1) is 11.6 Å². The second-order valence-electron chi connectivity index (χ2n) is 5.07. The maximum atomic E-state index is 14.0. The smallest absolute Gasteiger partial charge is 0.131 e. The SMILES string of the molecule is Cn1ccnc1CN1Cc2cc(F)cc(F)c2C1CN. The minimum Gasteiger partial charge on any atom is -0.337 e. The van der Waals surface area contributed by atoms with E-state index in [9.17, 15) is 8.78 Å². The number of hydrogen-bond donors (Lipinski definition) is 1. The molecule has 2 N–H and O–H groups in total. The molecule has 20 heavy (non-hydrogen) atoms. The van der Waals surface area contributed by atoms with Crippen LogP contribution in [0.1, 0.15) is 23.0 Å². The molecule has 0 saturated heterocycles. The lowest BCUT2D eigenvalue weighted by atomic mass is 10.0. The Hall–Kier alpha value is -1.79. The summed E-state index contributed by atoms with van der Waals surface area (Å²) in [4.78, 5) is 6.29. The molecule has 4 nitrogen and oxygen atoms in total. The van der Waals surface area contributed by atoms with Crippen LogP contribution in [0.25, 0.3) is 0 Å². The molecule has 106 valence electrons. The fraction of sp³-hybridized carbons (Fsp3) is 0.357. The largest absolute Gasteiger partial charge is 0.337 e. The van der Waals surface area contributed by atoms with E-state index in [1.165, 1.54) is 6.07 Å². The van der Waals surface area contributed by atoms with Crippen molar-refractivity contribution in [3.05, 3.63) is 53.1 Å². The lowest BCUT2D eigenvalue weighted by molar-refractivity contribution is 0.201. The molecule has 0 amide bonds. The van der Waals surface area contributed by atoms with Gasteiger partial charge in [0.15, 0.2) is 0 Å². The van der Waals surface area contributed by atoms with E-state index in [0.717, 1.165) is 11.9 Å². The number of halogens is 2. The normalized spacial score (nSPS) is 18.5. The molecule has 1 unspecified atom stereocenters. The summed E-state index contributed by atoms with van der Waals surface area (Å²) in [6.45, 7) is 1.33. The van der Waals surface area contributed by atoms with Gasteiger partial charge in [0, 0.05) is 44.2 Å². The number of imidazole rings is 1. The summed E-state index contributed by atoms with van der Waals surface area (Å²) >= 11 is 0. The second kappa shape index (κ2) is 4.96. The average Bonchev–Trinajstić information content (AvgIpc) is 2.94. The minimum atomic E-state index is -0.545. The van der Waals surface area contributed by atoms with Crippen molar-refractivity contribution >= 4 is 0 Å². The molecule has 0 radical (unpaired) electrons. The van der Waals surface area contributed by atoms with Crippen molar-refractivity contribution in [3.8, 4) is 0 Å². The van der Waals surface area contributed by atoms with E-state index in [1.807, 2.05) is 22.7 Å². The first-order valence-corrected chi connectivity index (χ1v) is 6.48. The van der Waals surface area contributed by atoms with Gasteiger partial charge in [0.05, 0.1) is 12.6 Å². The number of aromatic nitrogens is 2. The third-order valence-electron chi connectivity index (χ3n) is 3.82. The fourth-order valence-corrected chi connectivity index (χ4v) is 2.82. The molecular formula is C14H16F2N4. The maximum Gasteiger partial charge on any atom is 0.131 e. The summed E-state index contributed by atoms with van der Waals surface area (Å²) in [6, 6.07) is 2.08. The van der Waals surface area contributed by atoms with Crippen LogP contribution >= 0.6 is 0 Å². The van der Waals surface area contributed by atoms with Gasteiger partial charge in [0.2, 0.25) is 0 Å². The van der Waals surface area contributed by atoms with Gasteiger partial charge in [-0.3, -0.25) is 4.90 Å². The Kier molecular flexibility index (Phi) is 3.27. The second-order valence-corrected chi connectivity index (χ2v) is 5.07. The first-order chi connectivity index (χ1) is 9.60. The zero-order valence-electron chi connectivity index (χ0n) is 11.2. The van der Waals surface area contributed by atoms with Crippen LogP contribution in [0.5, 0.6) is 0 Å². The zero-order valence-corrected chi connectivity index (χ0v) is 11.2. The van der Waals surface area contributed by atoms with Crippen LogP contribution in [0.2, 0.25) is 0 Å². The van der Waals surface area contributed by atoms with Crippen molar-refractivity contribution in [1.29, 1.82) is 0 Å². The van der Waals surface area contributed by atoms with Crippen molar-refractivity contribution in [2.45, 2.75) is 19.1 Å². The molecule has 0 bridgehead atoms. The quantitative estimate of drug-likeness (QED) is 0.930. The summed E-state index contributed by atoms with van der Waals surface area (Å²) in [5.41, 5.74) is 6.97. The molecule has 1 aromatic carbocycles. The fourth-order valence-electron chi connectivity index (χ4n) is 2.82. The van der Waals surface area contributed by atoms with Gasteiger partial charge in [-0.15, -0.1) is 0 Å². The lowest BCUT2D eigenvalue weighted by Crippen LogP contribution is -2.29. The number of hydrogen-bond acceptors (Lipinski definition) is 3. The molecule has 1 aromatic heterocycles. The van der Waals surface area contributed by atoms with Crippen LogP contribution in [0.4, 0.5) is 8.78 Å². The molecule has 6 heteroatoms. The third kappa shape index (κ3) is 2.10. The molecular weight excluding hydrogens is 262 g/mol. The topological polar surface area (TPSA) is 47.1 Å². The van der Waals surface area contributed by atoms with Gasteiger partial charge in [-0.25, -0.2) is 13.8 Å². The van der Waals surface area contributed by atoms with E-state index in [1.54, 1.807) is 6.20 Å². The van der Waals surface area contributed by atoms with Crippen LogP contribution < -0.4 is 5.73 Å². The zero-order chi connectivity index (χ0) is 14.3. The third-order valence-corrected chi connectivity index (χ3v) is 3.82. The Morgan fingerprint density at radius 3 is 2.85 bits per heavy atom. The summed E-state index contributed by atoms with van der Waals surface area (Å²) in [7, 11) is 1.91. The van der Waals surface area contributed by atoms with Gasteiger partial charge in [0.1, 0.15) is 17.5 Å². The number of nitrogens with zero attached hydrogens (tertiary/aromatic N) is 3. The first kappa shape index (κ1) is 13.2. The van der Waals surface area contributed by atoms with Crippen LogP contribution in [-0.4, -0.2) is 21.0 Å². The van der Waals surface area contributed by atoms with E-state index in [4.69, 9.17) is 5.73 Å². The summed E-state index contributed by atoms with van der Waals surface area (Å²) in [5.74, 6) is -0.189. The predicted molar refractivity (Wildman–Crippen MR) is 70.6 cm³/mol. The molecule has 0 fully saturated rings. The summed E-state index contributed by atoms with van der Waals surface area (Å²) in [5, 5.41) is 0. The van der Waals surface area contributed by atoms with Crippen molar-refractivity contribution in [1.82, 2.24) is 14.5 Å². The molecule has 0 aliphatic carbocycles. The van der Waals surface area contributed by atoms with Crippen molar-refractivity contribution in [2.24, 2.45) is 12.8 Å². The van der Waals surface area contributed by atoms with E-state index >= 15 is 0 Å². The summed E-state index contributed by atoms with van der Waals surface area (Å²) in [6.07, 6.45) is 3.58. The Labute approximate surface area is 115 Å². The Balaban J connectivity index is 1.92. The molecule has 0 saturated carbocycles. The minimum absolute atomic E-state index is 0.234. The Morgan fingerprint density at radius 1 is 1.40 bits per heavy atom. The van der Waals surface area contributed by atoms with E-state index < -0.39 is 11.6 Å². The summed E-state index contributed by atoms with van der Waals surface area (Å²) < 4.78 is 29.2. The maximum absolute atomic E-state index is 14.0. The molecule has 1 aliphatic heterocycles. The lowest BCUT2D eigenvalue weighted by Gasteiger charge is -2.23. The van der Waals surface area contributed by atoms with Crippen LogP contribution in [0.15, 0.2) is 24.5 Å². The van der Waals surface area contributed by atoms with Crippen molar-refractivity contribution in [3.63, 3.8) is 0 Å². The predicted octanol–water partition coefficient (Wildman–Crippen LogP) is 1.71. The highest BCUT2D eigenvalue weighted by Crippen LogP contribution is 2.36. The van der Waals surface area contributed by atoms with Gasteiger partial charge in [-0.2, -0.15) is 0 Å². The number of rotatable bonds is 3. The first-order valence-electron chi connectivity index (χ1n) is 6.48. The average molecular weight is 278 g/mol. The molecule has 1 aliphatic rings. The monoisotopic (exact) mass is 278 g/mol. The number of nitrogens with two attached hydrogens (primary N) is 1. The van der Waals surface area contributed by atoms with E-state index in [0.29, 0.717) is 30.8 Å². The van der Waals surface area contributed by atoms with Gasteiger partial charge in [-0.1, -0.05) is 0 Å². The Morgan fingerprint density at radius 2 is 2.20 bits per heavy atom. The number of benzene rings is 1. The highest BCUT2D eigenvalue weighted by Gasteiger charge is 2.33. The van der Waals surface area contributed by atoms with Gasteiger partial charge in [-0.05, 0) is 11.6 Å². The van der Waals surface area contributed by atoms with Crippen LogP contribution in [-0.2, 0) is 20.1 Å². The Bertz CT molecular complexity index is 638. The van der Waals surface area contributed by atoms with Gasteiger partial charge >= 0.3 is 0 Å². The number of aryl methyl sites for hydroxylation is 1. The molecule has 0 spiro atoms. The highest BCUT2D eigenvalue weighted by atomic mass is 19.1. The molecule has 2 heterocycles. The molecule has 3 rings (SSSR count). The van der Waals surface area contributed by atoms with Gasteiger partial charge < -0.3 is 10.3 Å². The van der Waals surface area contributed by atoms with E-state index in [2.05, 4.69) is 4.98 Å². The molecule has 2 aromatic rings. The molecule has 1 atom stereocenters.